The van der Waals surface area contributed by atoms with Gasteiger partial charge in [0.1, 0.15) is 17.0 Å². The van der Waals surface area contributed by atoms with Crippen molar-refractivity contribution in [2.75, 3.05) is 26.0 Å². The molecule has 2 aromatic carbocycles. The largest absolute Gasteiger partial charge is 0.360 e. The maximum absolute atomic E-state index is 12.9. The lowest BCUT2D eigenvalue weighted by molar-refractivity contribution is 0.102. The van der Waals surface area contributed by atoms with Crippen molar-refractivity contribution in [3.63, 3.8) is 0 Å². The fraction of sp³-hybridized carbons (Fsp3) is 0.238. The van der Waals surface area contributed by atoms with E-state index < -0.39 is 0 Å². The van der Waals surface area contributed by atoms with Crippen LogP contribution in [-0.2, 0) is 6.42 Å². The van der Waals surface area contributed by atoms with Crippen LogP contribution in [0.5, 0.6) is 0 Å². The van der Waals surface area contributed by atoms with E-state index in [9.17, 15) is 4.79 Å². The molecule has 146 valence electrons. The average Bonchev–Trinajstić information content (AvgIpc) is 3.02. The number of benzene rings is 2. The first kappa shape index (κ1) is 20.4. The van der Waals surface area contributed by atoms with Gasteiger partial charge in [-0.3, -0.25) is 4.79 Å². The summed E-state index contributed by atoms with van der Waals surface area (Å²) in [5.74, 6) is 0.0665. The average molecular weight is 418 g/mol. The van der Waals surface area contributed by atoms with Crippen molar-refractivity contribution in [3.8, 4) is 11.3 Å². The number of nitrogens with zero attached hydrogens (tertiary/aromatic N) is 2. The van der Waals surface area contributed by atoms with Gasteiger partial charge in [0.25, 0.3) is 5.91 Å². The molecule has 3 rings (SSSR count). The smallest absolute Gasteiger partial charge is 0.261 e. The predicted octanol–water partition coefficient (Wildman–Crippen LogP) is 5.31. The minimum atomic E-state index is -0.328. The molecule has 0 saturated heterocycles. The molecule has 0 radical (unpaired) electrons. The summed E-state index contributed by atoms with van der Waals surface area (Å²) in [4.78, 5) is 15.0. The second-order valence-electron chi connectivity index (χ2n) is 6.76. The third-order valence-electron chi connectivity index (χ3n) is 4.35. The summed E-state index contributed by atoms with van der Waals surface area (Å²) in [7, 11) is 4.08. The second-order valence-corrected chi connectivity index (χ2v) is 7.58. The number of carbonyl (C=O) groups excluding carboxylic acids is 1. The number of nitrogens with one attached hydrogen (secondary N) is 1. The zero-order chi connectivity index (χ0) is 20.3. The molecule has 1 amide bonds. The van der Waals surface area contributed by atoms with Crippen molar-refractivity contribution < 1.29 is 9.32 Å². The van der Waals surface area contributed by atoms with Gasteiger partial charge in [0, 0.05) is 17.8 Å². The van der Waals surface area contributed by atoms with Gasteiger partial charge < -0.3 is 14.7 Å². The van der Waals surface area contributed by atoms with Crippen LogP contribution < -0.4 is 5.32 Å². The third kappa shape index (κ3) is 4.55. The molecule has 3 aromatic rings. The van der Waals surface area contributed by atoms with E-state index in [0.29, 0.717) is 38.3 Å². The van der Waals surface area contributed by atoms with Crippen LogP contribution in [0, 0.1) is 6.92 Å². The molecule has 0 spiro atoms. The zero-order valence-electron chi connectivity index (χ0n) is 15.9. The van der Waals surface area contributed by atoms with Crippen molar-refractivity contribution >= 4 is 34.8 Å². The Balaban J connectivity index is 1.83. The Morgan fingerprint density at radius 1 is 1.11 bits per heavy atom. The van der Waals surface area contributed by atoms with Gasteiger partial charge in [-0.15, -0.1) is 0 Å². The lowest BCUT2D eigenvalue weighted by Crippen LogP contribution is -2.15. The van der Waals surface area contributed by atoms with Crippen LogP contribution in [0.4, 0.5) is 5.69 Å². The summed E-state index contributed by atoms with van der Waals surface area (Å²) in [5.41, 5.74) is 3.01. The standard InChI is InChI=1S/C21H21Cl2N3O2/c1-13-18(20(25-28-13)19-16(22)5-4-6-17(19)23)21(27)24-15-9-7-14(8-10-15)11-12-26(2)3/h4-10H,11-12H2,1-3H3,(H,24,27). The predicted molar refractivity (Wildman–Crippen MR) is 113 cm³/mol. The Bertz CT molecular complexity index is 962. The Labute approximate surface area is 174 Å². The van der Waals surface area contributed by atoms with Crippen LogP contribution >= 0.6 is 23.2 Å². The molecule has 1 heterocycles. The molecule has 1 aromatic heterocycles. The first-order chi connectivity index (χ1) is 13.4. The molecule has 5 nitrogen and oxygen atoms in total. The van der Waals surface area contributed by atoms with Crippen molar-refractivity contribution in [3.05, 3.63) is 69.4 Å². The molecule has 0 unspecified atom stereocenters. The van der Waals surface area contributed by atoms with E-state index in [4.69, 9.17) is 27.7 Å². The highest BCUT2D eigenvalue weighted by atomic mass is 35.5. The molecule has 7 heteroatoms. The number of hydrogen-bond donors (Lipinski definition) is 1. The van der Waals surface area contributed by atoms with Gasteiger partial charge in [0.2, 0.25) is 0 Å². The van der Waals surface area contributed by atoms with Crippen LogP contribution in [0.2, 0.25) is 10.0 Å². The molecule has 1 N–H and O–H groups in total. The van der Waals surface area contributed by atoms with Crippen molar-refractivity contribution in [2.24, 2.45) is 0 Å². The summed E-state index contributed by atoms with van der Waals surface area (Å²) < 4.78 is 5.26. The maximum atomic E-state index is 12.9. The zero-order valence-corrected chi connectivity index (χ0v) is 17.4. The molecule has 0 atom stereocenters. The number of hydrogen-bond acceptors (Lipinski definition) is 4. The number of carbonyl (C=O) groups is 1. The highest BCUT2D eigenvalue weighted by Gasteiger charge is 2.24. The van der Waals surface area contributed by atoms with Crippen LogP contribution in [-0.4, -0.2) is 36.6 Å². The second kappa shape index (κ2) is 8.78. The Morgan fingerprint density at radius 3 is 2.36 bits per heavy atom. The Morgan fingerprint density at radius 2 is 1.75 bits per heavy atom. The first-order valence-electron chi connectivity index (χ1n) is 8.82. The number of aryl methyl sites for hydroxylation is 1. The minimum absolute atomic E-state index is 0.312. The third-order valence-corrected chi connectivity index (χ3v) is 4.98. The van der Waals surface area contributed by atoms with Crippen LogP contribution in [0.3, 0.4) is 0 Å². The molecule has 0 aliphatic rings. The van der Waals surface area contributed by atoms with Crippen LogP contribution in [0.25, 0.3) is 11.3 Å². The van der Waals surface area contributed by atoms with Gasteiger partial charge >= 0.3 is 0 Å². The van der Waals surface area contributed by atoms with E-state index in [1.807, 2.05) is 38.4 Å². The number of likely N-dealkylation sites (N-methyl/N-ethyl adjacent to an activating group) is 1. The van der Waals surface area contributed by atoms with Crippen LogP contribution in [0.15, 0.2) is 47.0 Å². The van der Waals surface area contributed by atoms with E-state index in [2.05, 4.69) is 15.4 Å². The molecule has 0 fully saturated rings. The number of anilines is 1. The lowest BCUT2D eigenvalue weighted by atomic mass is 10.1. The summed E-state index contributed by atoms with van der Waals surface area (Å²) in [6.45, 7) is 2.65. The van der Waals surface area contributed by atoms with Crippen molar-refractivity contribution in [1.29, 1.82) is 0 Å². The van der Waals surface area contributed by atoms with Gasteiger partial charge in [0.15, 0.2) is 0 Å². The monoisotopic (exact) mass is 417 g/mol. The molecular weight excluding hydrogens is 397 g/mol. The van der Waals surface area contributed by atoms with E-state index in [0.717, 1.165) is 13.0 Å². The van der Waals surface area contributed by atoms with Gasteiger partial charge in [0.05, 0.1) is 10.0 Å². The fourth-order valence-corrected chi connectivity index (χ4v) is 3.41. The minimum Gasteiger partial charge on any atom is -0.360 e. The highest BCUT2D eigenvalue weighted by molar-refractivity contribution is 6.39. The van der Waals surface area contributed by atoms with Crippen molar-refractivity contribution in [2.45, 2.75) is 13.3 Å². The maximum Gasteiger partial charge on any atom is 0.261 e. The molecule has 0 aliphatic heterocycles. The number of amides is 1. The molecule has 0 saturated carbocycles. The van der Waals surface area contributed by atoms with E-state index >= 15 is 0 Å². The van der Waals surface area contributed by atoms with Gasteiger partial charge in [-0.2, -0.15) is 0 Å². The summed E-state index contributed by atoms with van der Waals surface area (Å²) in [6.07, 6.45) is 0.946. The molecule has 0 aliphatic carbocycles. The van der Waals surface area contributed by atoms with Crippen LogP contribution in [0.1, 0.15) is 21.7 Å². The normalized spacial score (nSPS) is 11.1. The Hall–Kier alpha value is -2.34. The highest BCUT2D eigenvalue weighted by Crippen LogP contribution is 2.36. The molecule has 28 heavy (non-hydrogen) atoms. The van der Waals surface area contributed by atoms with Gasteiger partial charge in [-0.05, 0) is 57.3 Å². The number of halogens is 2. The summed E-state index contributed by atoms with van der Waals surface area (Å²) >= 11 is 12.6. The fourth-order valence-electron chi connectivity index (χ4n) is 2.84. The van der Waals surface area contributed by atoms with Gasteiger partial charge in [-0.25, -0.2) is 0 Å². The quantitative estimate of drug-likeness (QED) is 0.589. The number of aromatic nitrogens is 1. The Kier molecular flexibility index (Phi) is 6.39. The number of rotatable bonds is 6. The van der Waals surface area contributed by atoms with E-state index in [-0.39, 0.29) is 5.91 Å². The van der Waals surface area contributed by atoms with E-state index in [1.165, 1.54) is 5.56 Å². The van der Waals surface area contributed by atoms with E-state index in [1.54, 1.807) is 25.1 Å². The van der Waals surface area contributed by atoms with Crippen molar-refractivity contribution in [1.82, 2.24) is 10.1 Å². The molecular formula is C21H21Cl2N3O2. The summed E-state index contributed by atoms with van der Waals surface area (Å²) in [6, 6.07) is 12.9. The lowest BCUT2D eigenvalue weighted by Gasteiger charge is -2.10. The van der Waals surface area contributed by atoms with Gasteiger partial charge in [-0.1, -0.05) is 46.6 Å². The molecule has 0 bridgehead atoms. The first-order valence-corrected chi connectivity index (χ1v) is 9.58. The topological polar surface area (TPSA) is 58.4 Å². The summed E-state index contributed by atoms with van der Waals surface area (Å²) in [5, 5.41) is 7.71. The SMILES string of the molecule is Cc1onc(-c2c(Cl)cccc2Cl)c1C(=O)Nc1ccc(CCN(C)C)cc1.